The van der Waals surface area contributed by atoms with Crippen molar-refractivity contribution >= 4 is 43.2 Å². The Morgan fingerprint density at radius 1 is 1.13 bits per heavy atom. The van der Waals surface area contributed by atoms with E-state index in [4.69, 9.17) is 4.98 Å². The van der Waals surface area contributed by atoms with Crippen molar-refractivity contribution in [2.75, 3.05) is 18.4 Å². The Bertz CT molecular complexity index is 1100. The van der Waals surface area contributed by atoms with Crippen LogP contribution in [0.3, 0.4) is 0 Å². The van der Waals surface area contributed by atoms with Crippen LogP contribution in [0.25, 0.3) is 10.2 Å². The lowest BCUT2D eigenvalue weighted by molar-refractivity contribution is -0.116. The van der Waals surface area contributed by atoms with Gasteiger partial charge in [0, 0.05) is 31.1 Å². The quantitative estimate of drug-likeness (QED) is 0.604. The van der Waals surface area contributed by atoms with Crippen LogP contribution in [0.1, 0.15) is 43.5 Å². The largest absolute Gasteiger partial charge is 0.326 e. The van der Waals surface area contributed by atoms with Gasteiger partial charge in [0.15, 0.2) is 0 Å². The first-order chi connectivity index (χ1) is 14.5. The molecule has 1 aliphatic rings. The summed E-state index contributed by atoms with van der Waals surface area (Å²) in [5.74, 6) is 0.232. The summed E-state index contributed by atoms with van der Waals surface area (Å²) in [7, 11) is -3.54. The molecule has 0 bridgehead atoms. The molecule has 0 atom stereocenters. The van der Waals surface area contributed by atoms with Gasteiger partial charge in [-0.05, 0) is 55.7 Å². The van der Waals surface area contributed by atoms with Crippen LogP contribution in [-0.2, 0) is 14.8 Å². The molecule has 0 unspecified atom stereocenters. The number of hydrogen-bond acceptors (Lipinski definition) is 5. The van der Waals surface area contributed by atoms with E-state index < -0.39 is 10.0 Å². The van der Waals surface area contributed by atoms with Gasteiger partial charge in [-0.2, -0.15) is 4.31 Å². The van der Waals surface area contributed by atoms with E-state index in [0.29, 0.717) is 31.1 Å². The smallest absolute Gasteiger partial charge is 0.243 e. The van der Waals surface area contributed by atoms with Crippen LogP contribution in [0.5, 0.6) is 0 Å². The van der Waals surface area contributed by atoms with Gasteiger partial charge in [-0.15, -0.1) is 11.3 Å². The number of amides is 1. The third kappa shape index (κ3) is 4.40. The third-order valence-electron chi connectivity index (χ3n) is 5.37. The molecule has 1 fully saturated rings. The molecule has 1 aromatic heterocycles. The molecule has 6 nitrogen and oxygen atoms in total. The molecule has 8 heteroatoms. The lowest BCUT2D eigenvalue weighted by atomic mass is 9.99. The average Bonchev–Trinajstić information content (AvgIpc) is 3.19. The molecular weight excluding hydrogens is 418 g/mol. The van der Waals surface area contributed by atoms with Gasteiger partial charge in [0.1, 0.15) is 0 Å². The topological polar surface area (TPSA) is 79.4 Å². The highest BCUT2D eigenvalue weighted by Gasteiger charge is 2.31. The lowest BCUT2D eigenvalue weighted by Crippen LogP contribution is -2.37. The number of carbonyl (C=O) groups excluding carboxylic acids is 1. The van der Waals surface area contributed by atoms with Crippen LogP contribution < -0.4 is 5.32 Å². The van der Waals surface area contributed by atoms with Crippen molar-refractivity contribution in [2.45, 2.75) is 43.4 Å². The molecule has 0 radical (unpaired) electrons. The number of nitrogens with one attached hydrogen (secondary N) is 1. The number of nitrogens with zero attached hydrogens (tertiary/aromatic N) is 2. The fourth-order valence-corrected chi connectivity index (χ4v) is 6.32. The van der Waals surface area contributed by atoms with Crippen molar-refractivity contribution in [3.05, 3.63) is 53.5 Å². The number of anilines is 1. The maximum atomic E-state index is 13.0. The molecule has 0 aliphatic carbocycles. The predicted molar refractivity (Wildman–Crippen MR) is 120 cm³/mol. The van der Waals surface area contributed by atoms with Gasteiger partial charge in [-0.25, -0.2) is 13.4 Å². The molecule has 2 aromatic carbocycles. The number of rotatable bonds is 6. The molecule has 3 aromatic rings. The number of aromatic nitrogens is 1. The maximum Gasteiger partial charge on any atom is 0.243 e. The minimum atomic E-state index is -3.54. The monoisotopic (exact) mass is 443 g/mol. The molecule has 2 heterocycles. The summed E-state index contributed by atoms with van der Waals surface area (Å²) >= 11 is 1.71. The summed E-state index contributed by atoms with van der Waals surface area (Å²) < 4.78 is 28.8. The third-order valence-corrected chi connectivity index (χ3v) is 8.48. The number of fused-ring (bicyclic) bond motifs is 1. The molecule has 1 saturated heterocycles. The minimum Gasteiger partial charge on any atom is -0.326 e. The number of piperidine rings is 1. The zero-order valence-corrected chi connectivity index (χ0v) is 18.5. The fraction of sp³-hybridized carbons (Fsp3) is 0.364. The highest BCUT2D eigenvalue weighted by molar-refractivity contribution is 7.89. The molecule has 158 valence electrons. The van der Waals surface area contributed by atoms with Crippen LogP contribution >= 0.6 is 11.3 Å². The zero-order chi connectivity index (χ0) is 21.1. The summed E-state index contributed by atoms with van der Waals surface area (Å²) in [6.07, 6.45) is 2.75. The molecule has 30 heavy (non-hydrogen) atoms. The number of hydrogen-bond donors (Lipinski definition) is 1. The summed E-state index contributed by atoms with van der Waals surface area (Å²) in [6, 6.07) is 14.5. The van der Waals surface area contributed by atoms with E-state index in [-0.39, 0.29) is 10.8 Å². The van der Waals surface area contributed by atoms with Gasteiger partial charge in [0.05, 0.1) is 20.1 Å². The molecule has 0 spiro atoms. The first kappa shape index (κ1) is 21.0. The highest BCUT2D eigenvalue weighted by atomic mass is 32.2. The predicted octanol–water partition coefficient (Wildman–Crippen LogP) is 4.60. The number of thiazole rings is 1. The van der Waals surface area contributed by atoms with Crippen LogP contribution in [0, 0.1) is 0 Å². The van der Waals surface area contributed by atoms with Gasteiger partial charge in [-0.1, -0.05) is 19.1 Å². The summed E-state index contributed by atoms with van der Waals surface area (Å²) in [5, 5.41) is 3.88. The van der Waals surface area contributed by atoms with Gasteiger partial charge >= 0.3 is 0 Å². The van der Waals surface area contributed by atoms with Crippen molar-refractivity contribution in [2.24, 2.45) is 0 Å². The van der Waals surface area contributed by atoms with Crippen LogP contribution in [0.4, 0.5) is 5.69 Å². The second-order valence-corrected chi connectivity index (χ2v) is 10.5. The number of sulfonamides is 1. The van der Waals surface area contributed by atoms with Crippen molar-refractivity contribution in [1.29, 1.82) is 0 Å². The van der Waals surface area contributed by atoms with E-state index in [1.165, 1.54) is 4.70 Å². The van der Waals surface area contributed by atoms with E-state index in [1.807, 2.05) is 25.1 Å². The second kappa shape index (κ2) is 8.83. The molecule has 1 aliphatic heterocycles. The molecule has 4 rings (SSSR count). The Morgan fingerprint density at radius 2 is 1.83 bits per heavy atom. The Kier molecular flexibility index (Phi) is 6.17. The zero-order valence-electron chi connectivity index (χ0n) is 16.9. The van der Waals surface area contributed by atoms with Gasteiger partial charge in [0.25, 0.3) is 0 Å². The first-order valence-corrected chi connectivity index (χ1v) is 12.5. The van der Waals surface area contributed by atoms with E-state index >= 15 is 0 Å². The van der Waals surface area contributed by atoms with Gasteiger partial charge < -0.3 is 5.32 Å². The molecule has 0 saturated carbocycles. The van der Waals surface area contributed by atoms with Crippen LogP contribution in [-0.4, -0.2) is 36.7 Å². The molecule has 1 amide bonds. The van der Waals surface area contributed by atoms with Crippen LogP contribution in [0.2, 0.25) is 0 Å². The summed E-state index contributed by atoms with van der Waals surface area (Å²) in [6.45, 7) is 2.91. The Balaban J connectivity index is 1.41. The second-order valence-electron chi connectivity index (χ2n) is 7.52. The summed E-state index contributed by atoms with van der Waals surface area (Å²) in [5.41, 5.74) is 1.63. The standard InChI is InChI=1S/C22H25N3O3S2/c1-2-5-21(26)23-17-8-10-18(11-9-17)30(27,28)25-14-12-16(13-15-25)22-24-19-6-3-4-7-20(19)29-22/h3-4,6-11,16H,2,5,12-15H2,1H3,(H,23,26). The number of carbonyl (C=O) groups is 1. The number of benzene rings is 2. The van der Waals surface area contributed by atoms with Crippen molar-refractivity contribution in [3.63, 3.8) is 0 Å². The van der Waals surface area contributed by atoms with Crippen molar-refractivity contribution in [3.8, 4) is 0 Å². The minimum absolute atomic E-state index is 0.0648. The van der Waals surface area contributed by atoms with E-state index in [1.54, 1.807) is 39.9 Å². The van der Waals surface area contributed by atoms with E-state index in [9.17, 15) is 13.2 Å². The SMILES string of the molecule is CCCC(=O)Nc1ccc(S(=O)(=O)N2CCC(c3nc4ccccc4s3)CC2)cc1. The van der Waals surface area contributed by atoms with E-state index in [2.05, 4.69) is 11.4 Å². The van der Waals surface area contributed by atoms with Crippen molar-refractivity contribution in [1.82, 2.24) is 9.29 Å². The van der Waals surface area contributed by atoms with E-state index in [0.717, 1.165) is 29.8 Å². The normalized spacial score (nSPS) is 16.0. The molecular formula is C22H25N3O3S2. The Labute approximate surface area is 181 Å². The Hall–Kier alpha value is -2.29. The maximum absolute atomic E-state index is 13.0. The van der Waals surface area contributed by atoms with Gasteiger partial charge in [0.2, 0.25) is 15.9 Å². The lowest BCUT2D eigenvalue weighted by Gasteiger charge is -2.30. The molecule has 1 N–H and O–H groups in total. The first-order valence-electron chi connectivity index (χ1n) is 10.2. The Morgan fingerprint density at radius 3 is 2.50 bits per heavy atom. The fourth-order valence-electron chi connectivity index (χ4n) is 3.72. The van der Waals surface area contributed by atoms with Crippen LogP contribution in [0.15, 0.2) is 53.4 Å². The van der Waals surface area contributed by atoms with Gasteiger partial charge in [-0.3, -0.25) is 4.79 Å². The van der Waals surface area contributed by atoms with Crippen molar-refractivity contribution < 1.29 is 13.2 Å². The number of para-hydroxylation sites is 1. The average molecular weight is 444 g/mol. The summed E-state index contributed by atoms with van der Waals surface area (Å²) in [4.78, 5) is 16.7. The highest BCUT2D eigenvalue weighted by Crippen LogP contribution is 2.35.